The lowest BCUT2D eigenvalue weighted by Crippen LogP contribution is -2.12. The highest BCUT2D eigenvalue weighted by Crippen LogP contribution is 2.43. The third-order valence-corrected chi connectivity index (χ3v) is 12.0. The summed E-state index contributed by atoms with van der Waals surface area (Å²) in [6, 6.07) is 34.9. The van der Waals surface area contributed by atoms with Crippen molar-refractivity contribution in [3.05, 3.63) is 175 Å². The maximum atomic E-state index is 5.62. The van der Waals surface area contributed by atoms with E-state index < -0.39 is 0 Å². The van der Waals surface area contributed by atoms with Crippen LogP contribution in [0.4, 0.5) is 22.7 Å². The smallest absolute Gasteiger partial charge is 0.0979 e. The Morgan fingerprint density at radius 3 is 0.821 bits per heavy atom. The van der Waals surface area contributed by atoms with Crippen molar-refractivity contribution >= 4 is 67.1 Å². The van der Waals surface area contributed by atoms with Gasteiger partial charge in [0.25, 0.3) is 0 Å². The molecule has 274 valence electrons. The minimum Gasteiger partial charge on any atom is -0.246 e. The molecule has 4 nitrogen and oxygen atoms in total. The number of nitrogens with zero attached hydrogens (tertiary/aromatic N) is 4. The van der Waals surface area contributed by atoms with E-state index in [1.165, 1.54) is 54.9 Å². The number of aryl methyl sites for hydroxylation is 6. The maximum Gasteiger partial charge on any atom is 0.0979 e. The van der Waals surface area contributed by atoms with Crippen LogP contribution < -0.4 is 0 Å². The standard InChI is InChI=1S/C52H46N4/c1-27-23-29(3)45(30(4)24-27)53-49-39-19-11-15-37-17-13-21-41(43(37)39)51(49)55-47-33(7)35(9)48(36(10)34(47)8)56-52-42-22-14-18-38-16-12-20-40(44(38)42)50(52)54-46-31(5)25-28(2)26-32(46)6/h11-26H,1-10H3. The molecule has 4 heteroatoms. The zero-order valence-electron chi connectivity index (χ0n) is 34.0. The highest BCUT2D eigenvalue weighted by atomic mass is 14.9. The van der Waals surface area contributed by atoms with Crippen LogP contribution in [0.25, 0.3) is 21.5 Å². The molecule has 0 N–H and O–H groups in total. The molecule has 2 aliphatic rings. The summed E-state index contributed by atoms with van der Waals surface area (Å²) in [7, 11) is 0. The lowest BCUT2D eigenvalue weighted by Gasteiger charge is -2.18. The third kappa shape index (κ3) is 5.50. The first-order valence-corrected chi connectivity index (χ1v) is 19.6. The fourth-order valence-electron chi connectivity index (χ4n) is 9.19. The van der Waals surface area contributed by atoms with Gasteiger partial charge in [0, 0.05) is 33.0 Å². The molecule has 0 radical (unpaired) electrons. The topological polar surface area (TPSA) is 49.4 Å². The molecule has 0 unspecified atom stereocenters. The van der Waals surface area contributed by atoms with Crippen molar-refractivity contribution in [1.29, 1.82) is 0 Å². The lowest BCUT2D eigenvalue weighted by molar-refractivity contribution is 1.20. The van der Waals surface area contributed by atoms with Crippen molar-refractivity contribution in [2.45, 2.75) is 69.2 Å². The molecule has 7 aromatic rings. The van der Waals surface area contributed by atoms with Crippen LogP contribution in [0.2, 0.25) is 0 Å². The summed E-state index contributed by atoms with van der Waals surface area (Å²) in [5.74, 6) is 0. The Bertz CT molecular complexity index is 2710. The van der Waals surface area contributed by atoms with Crippen molar-refractivity contribution in [2.75, 3.05) is 0 Å². The molecule has 2 aliphatic carbocycles. The summed E-state index contributed by atoms with van der Waals surface area (Å²) in [5.41, 5.74) is 23.8. The number of rotatable bonds is 4. The summed E-state index contributed by atoms with van der Waals surface area (Å²) in [4.78, 5) is 22.2. The van der Waals surface area contributed by atoms with Crippen molar-refractivity contribution in [1.82, 2.24) is 0 Å². The molecule has 0 aromatic heterocycles. The summed E-state index contributed by atoms with van der Waals surface area (Å²) in [5, 5.41) is 4.82. The van der Waals surface area contributed by atoms with Crippen molar-refractivity contribution in [3.8, 4) is 0 Å². The molecule has 0 atom stereocenters. The predicted octanol–water partition coefficient (Wildman–Crippen LogP) is 13.6. The molecule has 0 amide bonds. The molecule has 7 aromatic carbocycles. The highest BCUT2D eigenvalue weighted by Gasteiger charge is 2.31. The van der Waals surface area contributed by atoms with E-state index in [0.717, 1.165) is 90.1 Å². The zero-order valence-corrected chi connectivity index (χ0v) is 34.0. The fourth-order valence-corrected chi connectivity index (χ4v) is 9.19. The van der Waals surface area contributed by atoms with Gasteiger partial charge in [-0.05, 0) is 125 Å². The normalized spacial score (nSPS) is 16.2. The van der Waals surface area contributed by atoms with E-state index in [-0.39, 0.29) is 0 Å². The number of benzene rings is 7. The van der Waals surface area contributed by atoms with E-state index in [2.05, 4.69) is 166 Å². The molecule has 0 aliphatic heterocycles. The number of aliphatic imine (C=N–C) groups is 4. The van der Waals surface area contributed by atoms with E-state index in [1.54, 1.807) is 0 Å². The van der Waals surface area contributed by atoms with Crippen LogP contribution >= 0.6 is 0 Å². The second-order valence-corrected chi connectivity index (χ2v) is 16.0. The predicted molar refractivity (Wildman–Crippen MR) is 239 cm³/mol. The number of hydrogen-bond acceptors (Lipinski definition) is 4. The summed E-state index contributed by atoms with van der Waals surface area (Å²) in [6.45, 7) is 21.7. The van der Waals surface area contributed by atoms with Crippen LogP contribution in [-0.2, 0) is 0 Å². The van der Waals surface area contributed by atoms with Crippen LogP contribution in [0.5, 0.6) is 0 Å². The first-order valence-electron chi connectivity index (χ1n) is 19.6. The van der Waals surface area contributed by atoms with Gasteiger partial charge in [-0.1, -0.05) is 108 Å². The van der Waals surface area contributed by atoms with E-state index in [1.807, 2.05) is 0 Å². The van der Waals surface area contributed by atoms with Gasteiger partial charge in [0.05, 0.1) is 45.6 Å². The Morgan fingerprint density at radius 2 is 0.554 bits per heavy atom. The van der Waals surface area contributed by atoms with Gasteiger partial charge in [-0.15, -0.1) is 0 Å². The Labute approximate surface area is 330 Å². The Hall–Kier alpha value is -6.26. The van der Waals surface area contributed by atoms with Crippen LogP contribution in [0.3, 0.4) is 0 Å². The average Bonchev–Trinajstić information content (AvgIpc) is 3.63. The molecular formula is C52H46N4. The molecule has 56 heavy (non-hydrogen) atoms. The van der Waals surface area contributed by atoms with Crippen LogP contribution in [0.15, 0.2) is 117 Å². The highest BCUT2D eigenvalue weighted by molar-refractivity contribution is 6.62. The Kier molecular flexibility index (Phi) is 8.35. The SMILES string of the molecule is Cc1cc(C)c(N=C2C(=Nc3c(C)c(C)c(N=C4C(=Nc5c(C)cc(C)cc5C)c5cccc6cccc4c56)c(C)c3C)c3cccc4cccc2c34)c(C)c1. The van der Waals surface area contributed by atoms with E-state index in [0.29, 0.717) is 0 Å². The van der Waals surface area contributed by atoms with Gasteiger partial charge in [-0.2, -0.15) is 0 Å². The van der Waals surface area contributed by atoms with Gasteiger partial charge in [0.15, 0.2) is 0 Å². The molecule has 0 bridgehead atoms. The minimum atomic E-state index is 0.913. The van der Waals surface area contributed by atoms with Gasteiger partial charge in [0.2, 0.25) is 0 Å². The van der Waals surface area contributed by atoms with Crippen LogP contribution in [0, 0.1) is 69.2 Å². The second-order valence-electron chi connectivity index (χ2n) is 16.0. The Balaban J connectivity index is 1.26. The third-order valence-electron chi connectivity index (χ3n) is 12.0. The van der Waals surface area contributed by atoms with Crippen LogP contribution in [0.1, 0.15) is 77.9 Å². The molecule has 0 spiro atoms. The minimum absolute atomic E-state index is 0.913. The van der Waals surface area contributed by atoms with Gasteiger partial charge < -0.3 is 0 Å². The van der Waals surface area contributed by atoms with Gasteiger partial charge in [0.1, 0.15) is 0 Å². The molecule has 0 fully saturated rings. The first-order chi connectivity index (χ1) is 26.9. The Morgan fingerprint density at radius 1 is 0.304 bits per heavy atom. The van der Waals surface area contributed by atoms with E-state index in [4.69, 9.17) is 20.0 Å². The largest absolute Gasteiger partial charge is 0.246 e. The molecule has 0 heterocycles. The summed E-state index contributed by atoms with van der Waals surface area (Å²) < 4.78 is 0. The fraction of sp³-hybridized carbons (Fsp3) is 0.192. The quantitative estimate of drug-likeness (QED) is 0.173. The van der Waals surface area contributed by atoms with Crippen molar-refractivity contribution < 1.29 is 0 Å². The second kappa shape index (κ2) is 13.2. The van der Waals surface area contributed by atoms with E-state index in [9.17, 15) is 0 Å². The van der Waals surface area contributed by atoms with Crippen LogP contribution in [-0.4, -0.2) is 22.8 Å². The van der Waals surface area contributed by atoms with Gasteiger partial charge >= 0.3 is 0 Å². The summed E-state index contributed by atoms with van der Waals surface area (Å²) >= 11 is 0. The first kappa shape index (κ1) is 35.4. The van der Waals surface area contributed by atoms with E-state index >= 15 is 0 Å². The maximum absolute atomic E-state index is 5.62. The van der Waals surface area contributed by atoms with Crippen molar-refractivity contribution in [3.63, 3.8) is 0 Å². The monoisotopic (exact) mass is 726 g/mol. The molecule has 9 rings (SSSR count). The molecule has 0 saturated heterocycles. The van der Waals surface area contributed by atoms with Gasteiger partial charge in [-0.3, -0.25) is 0 Å². The summed E-state index contributed by atoms with van der Waals surface area (Å²) in [6.07, 6.45) is 0. The lowest BCUT2D eigenvalue weighted by atomic mass is 9.95. The zero-order chi connectivity index (χ0) is 39.2. The van der Waals surface area contributed by atoms with Crippen molar-refractivity contribution in [2.24, 2.45) is 20.0 Å². The van der Waals surface area contributed by atoms with Gasteiger partial charge in [-0.25, -0.2) is 20.0 Å². The number of hydrogen-bond donors (Lipinski definition) is 0. The molecule has 0 saturated carbocycles. The average molecular weight is 727 g/mol. The molecular weight excluding hydrogens is 681 g/mol.